The van der Waals surface area contributed by atoms with Crippen molar-refractivity contribution in [3.05, 3.63) is 38.9 Å². The van der Waals surface area contributed by atoms with Gasteiger partial charge in [0.1, 0.15) is 11.1 Å². The van der Waals surface area contributed by atoms with E-state index in [1.165, 1.54) is 13.0 Å². The molecule has 0 spiro atoms. The lowest BCUT2D eigenvalue weighted by Crippen LogP contribution is -2.11. The number of benzene rings is 1. The van der Waals surface area contributed by atoms with E-state index < -0.39 is 39.7 Å². The monoisotopic (exact) mass is 270 g/mol. The number of nitro benzene ring substituents is 1. The van der Waals surface area contributed by atoms with Gasteiger partial charge < -0.3 is 4.74 Å². The van der Waals surface area contributed by atoms with E-state index in [9.17, 15) is 23.7 Å². The van der Waals surface area contributed by atoms with Gasteiger partial charge in [0.25, 0.3) is 12.1 Å². The minimum Gasteiger partial charge on any atom is -0.462 e. The Kier molecular flexibility index (Phi) is 4.47. The number of carbonyl (C=O) groups is 1. The van der Waals surface area contributed by atoms with Crippen molar-refractivity contribution in [2.45, 2.75) is 13.3 Å². The fraction of sp³-hybridized carbons (Fsp3) is 0.273. The van der Waals surface area contributed by atoms with E-state index in [1.807, 2.05) is 0 Å². The second-order valence-electron chi connectivity index (χ2n) is 3.31. The predicted octanol–water partition coefficient (Wildman–Crippen LogP) is 2.58. The first-order valence-electron chi connectivity index (χ1n) is 5.10. The molecule has 1 rings (SSSR count). The summed E-state index contributed by atoms with van der Waals surface area (Å²) in [4.78, 5) is 21.3. The van der Waals surface area contributed by atoms with E-state index in [1.54, 1.807) is 0 Å². The van der Waals surface area contributed by atoms with Gasteiger partial charge in [-0.1, -0.05) is 0 Å². The number of rotatable bonds is 4. The molecule has 0 N–H and O–H groups in total. The maximum atomic E-state index is 12.9. The fourth-order valence-electron chi connectivity index (χ4n) is 1.50. The van der Waals surface area contributed by atoms with Crippen LogP contribution in [0.1, 0.15) is 34.8 Å². The van der Waals surface area contributed by atoms with Gasteiger partial charge in [0.2, 0.25) is 0 Å². The molecule has 1 aromatic carbocycles. The molecule has 100 valence electrons. The number of carbonyl (C=O) groups excluding carboxylic acids is 1. The molecule has 0 unspecified atom stereocenters. The zero-order valence-corrected chi connectivity index (χ0v) is 9.72. The summed E-state index contributed by atoms with van der Waals surface area (Å²) in [6.45, 7) is 1.42. The maximum Gasteiger partial charge on any atom is 0.345 e. The van der Waals surface area contributed by atoms with Crippen LogP contribution in [0.3, 0.4) is 0 Å². The first kappa shape index (κ1) is 14.5. The van der Waals surface area contributed by atoms with Gasteiger partial charge in [0, 0.05) is 0 Å². The molecule has 0 aliphatic rings. The van der Waals surface area contributed by atoms with Gasteiger partial charge in [-0.05, 0) is 19.1 Å². The Morgan fingerprint density at radius 3 is 2.63 bits per heavy atom. The molecule has 6 nitrogen and oxygen atoms in total. The quantitative estimate of drug-likeness (QED) is 0.476. The van der Waals surface area contributed by atoms with Crippen LogP contribution in [0.2, 0.25) is 0 Å². The molecule has 0 radical (unpaired) electrons. The van der Waals surface area contributed by atoms with Gasteiger partial charge in [-0.15, -0.1) is 0 Å². The van der Waals surface area contributed by atoms with Gasteiger partial charge in [-0.2, -0.15) is 5.26 Å². The summed E-state index contributed by atoms with van der Waals surface area (Å²) in [5, 5.41) is 19.6. The molecular weight excluding hydrogens is 262 g/mol. The van der Waals surface area contributed by atoms with Crippen LogP contribution in [0.4, 0.5) is 14.5 Å². The molecule has 19 heavy (non-hydrogen) atoms. The smallest absolute Gasteiger partial charge is 0.345 e. The summed E-state index contributed by atoms with van der Waals surface area (Å²) in [6, 6.07) is 3.30. The second kappa shape index (κ2) is 5.86. The van der Waals surface area contributed by atoms with Crippen LogP contribution in [0.15, 0.2) is 12.1 Å². The summed E-state index contributed by atoms with van der Waals surface area (Å²) in [5.41, 5.74) is -3.30. The van der Waals surface area contributed by atoms with Gasteiger partial charge in [0.15, 0.2) is 0 Å². The van der Waals surface area contributed by atoms with Crippen molar-refractivity contribution in [3.63, 3.8) is 0 Å². The number of halogens is 2. The van der Waals surface area contributed by atoms with E-state index in [-0.39, 0.29) is 6.61 Å². The molecule has 0 fully saturated rings. The number of ether oxygens (including phenoxy) is 1. The first-order chi connectivity index (χ1) is 8.93. The van der Waals surface area contributed by atoms with E-state index in [4.69, 9.17) is 5.26 Å². The first-order valence-corrected chi connectivity index (χ1v) is 5.10. The topological polar surface area (TPSA) is 93.2 Å². The van der Waals surface area contributed by atoms with Crippen molar-refractivity contribution in [2.24, 2.45) is 0 Å². The minimum atomic E-state index is -3.25. The fourth-order valence-corrected chi connectivity index (χ4v) is 1.50. The third-order valence-electron chi connectivity index (χ3n) is 2.23. The van der Waals surface area contributed by atoms with Crippen molar-refractivity contribution < 1.29 is 23.2 Å². The minimum absolute atomic E-state index is 0.0556. The summed E-state index contributed by atoms with van der Waals surface area (Å²) >= 11 is 0. The maximum absolute atomic E-state index is 12.9. The molecule has 0 heterocycles. The number of nitro groups is 1. The Hall–Kier alpha value is -2.56. The van der Waals surface area contributed by atoms with Gasteiger partial charge in [-0.3, -0.25) is 10.1 Å². The third-order valence-corrected chi connectivity index (χ3v) is 2.23. The molecule has 0 bridgehead atoms. The van der Waals surface area contributed by atoms with Crippen molar-refractivity contribution in [1.29, 1.82) is 5.26 Å². The third kappa shape index (κ3) is 2.82. The van der Waals surface area contributed by atoms with Crippen LogP contribution in [-0.2, 0) is 4.74 Å². The zero-order valence-electron chi connectivity index (χ0n) is 9.72. The largest absolute Gasteiger partial charge is 0.462 e. The molecule has 0 atom stereocenters. The summed E-state index contributed by atoms with van der Waals surface area (Å²) in [5.74, 6) is -1.08. The molecule has 1 aromatic rings. The normalized spacial score (nSPS) is 10.1. The van der Waals surface area contributed by atoms with Gasteiger partial charge >= 0.3 is 5.97 Å². The average molecular weight is 270 g/mol. The van der Waals surface area contributed by atoms with Crippen LogP contribution in [0.25, 0.3) is 0 Å². The standard InChI is InChI=1S/C11H8F2N2O4/c1-2-19-11(16)7-4-3-6(5-14)8(10(12)13)9(7)15(17)18/h3-4,10H,2H2,1H3. The van der Waals surface area contributed by atoms with Crippen LogP contribution < -0.4 is 0 Å². The van der Waals surface area contributed by atoms with Gasteiger partial charge in [0.05, 0.1) is 23.2 Å². The second-order valence-corrected chi connectivity index (χ2v) is 3.31. The molecule has 0 aromatic heterocycles. The zero-order chi connectivity index (χ0) is 14.6. The van der Waals surface area contributed by atoms with Crippen LogP contribution >= 0.6 is 0 Å². The lowest BCUT2D eigenvalue weighted by molar-refractivity contribution is -0.386. The van der Waals surface area contributed by atoms with Crippen molar-refractivity contribution in [3.8, 4) is 6.07 Å². The molecular formula is C11H8F2N2O4. The average Bonchev–Trinajstić information content (AvgIpc) is 2.36. The lowest BCUT2D eigenvalue weighted by Gasteiger charge is -2.08. The highest BCUT2D eigenvalue weighted by Gasteiger charge is 2.32. The number of alkyl halides is 2. The molecule has 0 saturated carbocycles. The van der Waals surface area contributed by atoms with E-state index in [2.05, 4.69) is 4.74 Å². The van der Waals surface area contributed by atoms with Crippen molar-refractivity contribution in [1.82, 2.24) is 0 Å². The van der Waals surface area contributed by atoms with Crippen LogP contribution in [0.5, 0.6) is 0 Å². The molecule has 0 saturated heterocycles. The van der Waals surface area contributed by atoms with Gasteiger partial charge in [-0.25, -0.2) is 13.6 Å². The van der Waals surface area contributed by atoms with E-state index >= 15 is 0 Å². The highest BCUT2D eigenvalue weighted by Crippen LogP contribution is 2.35. The highest BCUT2D eigenvalue weighted by molar-refractivity contribution is 5.95. The summed E-state index contributed by atoms with van der Waals surface area (Å²) in [7, 11) is 0. The number of esters is 1. The molecule has 8 heteroatoms. The Labute approximate surface area is 106 Å². The van der Waals surface area contributed by atoms with Crippen molar-refractivity contribution >= 4 is 11.7 Å². The SMILES string of the molecule is CCOC(=O)c1ccc(C#N)c(C(F)F)c1[N+](=O)[O-]. The molecule has 0 aliphatic heterocycles. The number of nitriles is 1. The lowest BCUT2D eigenvalue weighted by atomic mass is 10.0. The predicted molar refractivity (Wildman–Crippen MR) is 58.7 cm³/mol. The Morgan fingerprint density at radius 2 is 2.21 bits per heavy atom. The van der Waals surface area contributed by atoms with E-state index in [0.29, 0.717) is 0 Å². The van der Waals surface area contributed by atoms with Crippen LogP contribution in [0, 0.1) is 21.4 Å². The molecule has 0 amide bonds. The van der Waals surface area contributed by atoms with Crippen LogP contribution in [-0.4, -0.2) is 17.5 Å². The van der Waals surface area contributed by atoms with Crippen molar-refractivity contribution in [2.75, 3.05) is 6.61 Å². The molecule has 0 aliphatic carbocycles. The number of hydrogen-bond donors (Lipinski definition) is 0. The Balaban J connectivity index is 3.59. The highest BCUT2D eigenvalue weighted by atomic mass is 19.3. The Morgan fingerprint density at radius 1 is 1.58 bits per heavy atom. The number of hydrogen-bond acceptors (Lipinski definition) is 5. The summed E-state index contributed by atoms with van der Waals surface area (Å²) < 4.78 is 30.3. The summed E-state index contributed by atoms with van der Waals surface area (Å²) in [6.07, 6.45) is -3.25. The Bertz CT molecular complexity index is 567. The number of nitrogens with zero attached hydrogens (tertiary/aromatic N) is 2. The van der Waals surface area contributed by atoms with E-state index in [0.717, 1.165) is 12.1 Å².